The van der Waals surface area contributed by atoms with E-state index in [1.165, 1.54) is 16.9 Å². The molecule has 35 heavy (non-hydrogen) atoms. The van der Waals surface area contributed by atoms with Gasteiger partial charge in [-0.15, -0.1) is 0 Å². The number of fused-ring (bicyclic) bond motifs is 1. The van der Waals surface area contributed by atoms with Gasteiger partial charge >= 0.3 is 0 Å². The third-order valence-electron chi connectivity index (χ3n) is 6.33. The second-order valence-electron chi connectivity index (χ2n) is 8.99. The Balaban J connectivity index is 1.34. The van der Waals surface area contributed by atoms with Crippen LogP contribution in [-0.2, 0) is 26.1 Å². The zero-order valence-corrected chi connectivity index (χ0v) is 23.6. The molecule has 2 aromatic carbocycles. The number of likely N-dealkylation sites (tertiary alicyclic amines) is 1. The third kappa shape index (κ3) is 6.33. The quantitative estimate of drug-likeness (QED) is 0.317. The number of hydrogen-bond acceptors (Lipinski definition) is 6. The predicted molar refractivity (Wildman–Crippen MR) is 147 cm³/mol. The Kier molecular flexibility index (Phi) is 8.34. The van der Waals surface area contributed by atoms with Crippen LogP contribution in [0.2, 0.25) is 0 Å². The van der Waals surface area contributed by atoms with E-state index in [9.17, 15) is 18.3 Å². The van der Waals surface area contributed by atoms with Crippen molar-refractivity contribution in [3.63, 3.8) is 0 Å². The zero-order valence-electron chi connectivity index (χ0n) is 19.9. The normalized spacial score (nSPS) is 16.7. The molecule has 3 aromatic rings. The fourth-order valence-electron chi connectivity index (χ4n) is 4.21. The second kappa shape index (κ2) is 11.1. The Morgan fingerprint density at radius 1 is 1.20 bits per heavy atom. The number of aliphatic hydroxyl groups excluding tert-OH is 1. The molecule has 1 amide bonds. The summed E-state index contributed by atoms with van der Waals surface area (Å²) in [5.41, 5.74) is 1.20. The summed E-state index contributed by atoms with van der Waals surface area (Å²) < 4.78 is 28.7. The molecule has 1 unspecified atom stereocenters. The predicted octanol–water partition coefficient (Wildman–Crippen LogP) is 3.98. The molecule has 2 heterocycles. The second-order valence-corrected chi connectivity index (χ2v) is 12.9. The van der Waals surface area contributed by atoms with Gasteiger partial charge in [-0.05, 0) is 48.2 Å². The summed E-state index contributed by atoms with van der Waals surface area (Å²) in [5.74, 6) is -0.321. The minimum Gasteiger partial charge on any atom is -0.388 e. The molecule has 1 saturated heterocycles. The van der Waals surface area contributed by atoms with E-state index in [0.717, 1.165) is 37.7 Å². The van der Waals surface area contributed by atoms with Gasteiger partial charge in [-0.2, -0.15) is 0 Å². The lowest BCUT2D eigenvalue weighted by Crippen LogP contribution is -2.40. The Morgan fingerprint density at radius 2 is 1.89 bits per heavy atom. The van der Waals surface area contributed by atoms with Gasteiger partial charge in [0.1, 0.15) is 0 Å². The molecule has 1 aliphatic heterocycles. The Bertz CT molecular complexity index is 1390. The molecule has 188 valence electrons. The number of rotatable bonds is 7. The number of amides is 1. The Labute approximate surface area is 223 Å². The topological polar surface area (TPSA) is 92.0 Å². The number of carbonyl (C=O) groups excluding carboxylic acids is 1. The number of nitrogens with zero attached hydrogens (tertiary/aromatic N) is 3. The van der Waals surface area contributed by atoms with Crippen LogP contribution in [0.3, 0.4) is 0 Å². The van der Waals surface area contributed by atoms with Crippen LogP contribution in [0.5, 0.6) is 0 Å². The van der Waals surface area contributed by atoms with E-state index in [1.807, 2.05) is 36.0 Å². The standard InChI is InChI=1S/C25H30IN3O4S2/c1-17(30)23-16-28(2)25(34-23)27-21-7-10-29(11-8-21)24(31)9-12-35(32,33)22-6-5-19-13-18(15-26)3-4-20(19)14-22/h3-6,13-14,16-17,21,30H,7-12,15H2,1-2H3. The van der Waals surface area contributed by atoms with E-state index < -0.39 is 15.9 Å². The van der Waals surface area contributed by atoms with E-state index >= 15 is 0 Å². The van der Waals surface area contributed by atoms with Crippen LogP contribution in [-0.4, -0.2) is 53.8 Å². The molecule has 7 nitrogen and oxygen atoms in total. The third-order valence-corrected chi connectivity index (χ3v) is 10.2. The maximum Gasteiger partial charge on any atom is 0.223 e. The van der Waals surface area contributed by atoms with Crippen LogP contribution in [0.1, 0.15) is 42.7 Å². The summed E-state index contributed by atoms with van der Waals surface area (Å²) in [4.78, 5) is 21.3. The highest BCUT2D eigenvalue weighted by Crippen LogP contribution is 2.23. The minimum absolute atomic E-state index is 0.0203. The van der Waals surface area contributed by atoms with Crippen molar-refractivity contribution >= 4 is 60.4 Å². The van der Waals surface area contributed by atoms with Crippen molar-refractivity contribution in [1.29, 1.82) is 0 Å². The van der Waals surface area contributed by atoms with Crippen molar-refractivity contribution in [2.75, 3.05) is 18.8 Å². The first-order chi connectivity index (χ1) is 16.7. The van der Waals surface area contributed by atoms with Crippen molar-refractivity contribution in [3.8, 4) is 0 Å². The summed E-state index contributed by atoms with van der Waals surface area (Å²) in [6.07, 6.45) is 2.83. The molecule has 0 spiro atoms. The maximum atomic E-state index is 12.9. The molecule has 4 rings (SSSR count). The molecule has 1 aliphatic rings. The number of thiazole rings is 1. The first kappa shape index (κ1) is 26.3. The highest BCUT2D eigenvalue weighted by atomic mass is 127. The Morgan fingerprint density at radius 3 is 2.54 bits per heavy atom. The highest BCUT2D eigenvalue weighted by Gasteiger charge is 2.25. The summed E-state index contributed by atoms with van der Waals surface area (Å²) in [7, 11) is -1.64. The molecular formula is C25H30IN3O4S2. The van der Waals surface area contributed by atoms with Crippen molar-refractivity contribution in [3.05, 3.63) is 57.8 Å². The van der Waals surface area contributed by atoms with E-state index in [0.29, 0.717) is 13.1 Å². The molecule has 1 N–H and O–H groups in total. The van der Waals surface area contributed by atoms with Gasteiger partial charge in [-0.25, -0.2) is 8.42 Å². The van der Waals surface area contributed by atoms with Crippen molar-refractivity contribution < 1.29 is 18.3 Å². The number of carbonyl (C=O) groups is 1. The van der Waals surface area contributed by atoms with Crippen LogP contribution in [0.25, 0.3) is 10.8 Å². The number of aromatic nitrogens is 1. The van der Waals surface area contributed by atoms with E-state index in [-0.39, 0.29) is 29.0 Å². The average Bonchev–Trinajstić information content (AvgIpc) is 3.22. The molecule has 1 aromatic heterocycles. The van der Waals surface area contributed by atoms with E-state index in [4.69, 9.17) is 4.99 Å². The van der Waals surface area contributed by atoms with Crippen LogP contribution in [0, 0.1) is 0 Å². The fourth-order valence-corrected chi connectivity index (χ4v) is 6.93. The van der Waals surface area contributed by atoms with E-state index in [1.54, 1.807) is 24.0 Å². The van der Waals surface area contributed by atoms with Crippen LogP contribution < -0.4 is 4.80 Å². The lowest BCUT2D eigenvalue weighted by molar-refractivity contribution is -0.131. The minimum atomic E-state index is -3.55. The van der Waals surface area contributed by atoms with E-state index in [2.05, 4.69) is 28.7 Å². The van der Waals surface area contributed by atoms with Gasteiger partial charge in [0.15, 0.2) is 14.6 Å². The number of alkyl halides is 1. The molecule has 1 fully saturated rings. The molecular weight excluding hydrogens is 597 g/mol. The number of sulfone groups is 1. The number of halogens is 1. The van der Waals surface area contributed by atoms with Crippen molar-refractivity contribution in [1.82, 2.24) is 9.47 Å². The number of benzene rings is 2. The summed E-state index contributed by atoms with van der Waals surface area (Å²) in [6.45, 7) is 2.88. The van der Waals surface area contributed by atoms with Crippen molar-refractivity contribution in [2.24, 2.45) is 12.0 Å². The summed E-state index contributed by atoms with van der Waals surface area (Å²) in [5, 5.41) is 11.7. The van der Waals surface area contributed by atoms with Gasteiger partial charge in [0.2, 0.25) is 5.91 Å². The largest absolute Gasteiger partial charge is 0.388 e. The van der Waals surface area contributed by atoms with Gasteiger partial charge in [0, 0.05) is 37.2 Å². The molecule has 0 bridgehead atoms. The fraction of sp³-hybridized carbons (Fsp3) is 0.440. The summed E-state index contributed by atoms with van der Waals surface area (Å²) in [6, 6.07) is 11.3. The lowest BCUT2D eigenvalue weighted by Gasteiger charge is -2.30. The van der Waals surface area contributed by atoms with Crippen LogP contribution in [0.15, 0.2) is 52.5 Å². The molecule has 10 heteroatoms. The van der Waals surface area contributed by atoms with Crippen LogP contribution in [0.4, 0.5) is 0 Å². The Hall–Kier alpha value is -1.76. The van der Waals surface area contributed by atoms with Gasteiger partial charge in [-0.3, -0.25) is 9.79 Å². The number of aliphatic hydroxyl groups is 1. The lowest BCUT2D eigenvalue weighted by atomic mass is 10.1. The molecule has 1 atom stereocenters. The first-order valence-electron chi connectivity index (χ1n) is 11.6. The van der Waals surface area contributed by atoms with Crippen molar-refractivity contribution in [2.45, 2.75) is 47.7 Å². The van der Waals surface area contributed by atoms with Gasteiger partial charge < -0.3 is 14.6 Å². The van der Waals surface area contributed by atoms with Crippen LogP contribution >= 0.6 is 33.9 Å². The first-order valence-corrected chi connectivity index (χ1v) is 15.6. The number of piperidine rings is 1. The monoisotopic (exact) mass is 627 g/mol. The summed E-state index contributed by atoms with van der Waals surface area (Å²) >= 11 is 3.78. The van der Waals surface area contributed by atoms with Gasteiger partial charge in [0.25, 0.3) is 0 Å². The smallest absolute Gasteiger partial charge is 0.223 e. The average molecular weight is 628 g/mol. The maximum absolute atomic E-state index is 12.9. The number of hydrogen-bond donors (Lipinski definition) is 1. The zero-order chi connectivity index (χ0) is 25.2. The van der Waals surface area contributed by atoms with Gasteiger partial charge in [0.05, 0.1) is 27.7 Å². The van der Waals surface area contributed by atoms with Gasteiger partial charge in [-0.1, -0.05) is 58.2 Å². The molecule has 0 aliphatic carbocycles. The molecule has 0 radical (unpaired) electrons. The highest BCUT2D eigenvalue weighted by molar-refractivity contribution is 14.1. The SMILES string of the molecule is CC(O)c1cn(C)c(=NC2CCN(C(=O)CCS(=O)(=O)c3ccc4cc(CI)ccc4c3)CC2)s1. The molecule has 0 saturated carbocycles. The number of aryl methyl sites for hydroxylation is 1.